The van der Waals surface area contributed by atoms with E-state index < -0.39 is 81.4 Å². The molecule has 4 aliphatic rings. The van der Waals surface area contributed by atoms with Crippen molar-refractivity contribution in [2.45, 2.75) is 70.0 Å². The Morgan fingerprint density at radius 3 is 1.94 bits per heavy atom. The Morgan fingerprint density at radius 2 is 1.31 bits per heavy atom. The van der Waals surface area contributed by atoms with Gasteiger partial charge in [0.25, 0.3) is 0 Å². The third-order valence-electron chi connectivity index (χ3n) is 5.38. The largest absolute Gasteiger partial charge is 0.482 e. The van der Waals surface area contributed by atoms with Gasteiger partial charge in [0.15, 0.2) is 9.04 Å². The number of alkyl halides is 1. The van der Waals surface area contributed by atoms with Crippen LogP contribution in [0.5, 0.6) is 0 Å². The van der Waals surface area contributed by atoms with Crippen molar-refractivity contribution in [2.24, 2.45) is 0 Å². The molecule has 4 rings (SSSR count). The van der Waals surface area contributed by atoms with Crippen LogP contribution < -0.4 is 0 Å². The quantitative estimate of drug-likeness (QED) is 0.237. The molecule has 0 N–H and O–H groups in total. The first-order chi connectivity index (χ1) is 16.3. The monoisotopic (exact) mass is 714 g/mol. The predicted octanol–water partition coefficient (Wildman–Crippen LogP) is 1.47. The second-order valence-electron chi connectivity index (χ2n) is 10.1. The number of hydrogen-bond donors (Lipinski definition) is 0. The minimum Gasteiger partial charge on any atom is -0.465 e. The molecule has 0 aromatic rings. The van der Waals surface area contributed by atoms with Crippen LogP contribution in [0.1, 0.15) is 13.8 Å². The lowest BCUT2D eigenvalue weighted by Gasteiger charge is -2.54. The molecule has 4 aliphatic heterocycles. The maximum absolute atomic E-state index is 12.4. The van der Waals surface area contributed by atoms with E-state index in [1.54, 1.807) is 40.0 Å². The number of carbonyl (C=O) groups is 1. The van der Waals surface area contributed by atoms with Crippen molar-refractivity contribution >= 4 is 93.0 Å². The minimum absolute atomic E-state index is 0.00813. The first-order valence-electron chi connectivity index (χ1n) is 11.7. The highest BCUT2D eigenvalue weighted by atomic mass is 79.9. The highest BCUT2D eigenvalue weighted by Crippen LogP contribution is 2.42. The third kappa shape index (κ3) is 6.93. The van der Waals surface area contributed by atoms with Gasteiger partial charge in [0.05, 0.1) is 18.9 Å². The number of esters is 1. The van der Waals surface area contributed by atoms with Gasteiger partial charge in [-0.2, -0.15) is 0 Å². The van der Waals surface area contributed by atoms with E-state index >= 15 is 0 Å². The van der Waals surface area contributed by atoms with E-state index in [9.17, 15) is 4.79 Å². The fraction of sp³-hybridized carbons (Fsp3) is 0.929. The molecule has 0 amide bonds. The summed E-state index contributed by atoms with van der Waals surface area (Å²) in [6, 6.07) is 0.140. The van der Waals surface area contributed by atoms with Gasteiger partial charge in [-0.25, -0.2) is 0 Å². The van der Waals surface area contributed by atoms with Gasteiger partial charge in [0.1, 0.15) is 4.32 Å². The van der Waals surface area contributed by atoms with Gasteiger partial charge in [-0.1, -0.05) is 15.9 Å². The number of carbonyl (C=O) groups excluding carboxylic acids is 1. The number of ether oxygens (including phenoxy) is 1. The van der Waals surface area contributed by atoms with Crippen LogP contribution in [0.3, 0.4) is 0 Å². The Bertz CT molecular complexity index is 890. The summed E-state index contributed by atoms with van der Waals surface area (Å²) in [6.07, 6.45) is 0.307. The molecule has 0 saturated carbocycles. The topological polar surface area (TPSA) is 128 Å². The van der Waals surface area contributed by atoms with Crippen LogP contribution in [0.15, 0.2) is 0 Å². The Hall–Kier alpha value is 1.25. The van der Waals surface area contributed by atoms with Crippen molar-refractivity contribution < 1.29 is 55.1 Å². The number of fused-ring (bicyclic) bond motifs is 4. The molecule has 0 aliphatic carbocycles. The highest BCUT2D eigenvalue weighted by molar-refractivity contribution is 9.10. The standard InChI is InChI=1S/C14H35BrO13Si8/c1-14(2,15)13(16)17-10-11-36-21-30(4)20-33(7)23-32(6)19-29(3)12-18-31(5,27-36)22-34(8,24-32)26-35(9,25-33)28-36/h29-30H,10-12H2,1-9H3. The second kappa shape index (κ2) is 9.96. The van der Waals surface area contributed by atoms with Crippen LogP contribution in [-0.2, 0) is 55.1 Å². The van der Waals surface area contributed by atoms with E-state index in [2.05, 4.69) is 15.9 Å². The molecule has 4 fully saturated rings. The van der Waals surface area contributed by atoms with E-state index in [0.29, 0.717) is 6.23 Å². The molecular weight excluding hydrogens is 681 g/mol. The molecule has 8 atom stereocenters. The van der Waals surface area contributed by atoms with Gasteiger partial charge >= 0.3 is 68.1 Å². The Morgan fingerprint density at radius 1 is 0.806 bits per heavy atom. The van der Waals surface area contributed by atoms with Crippen LogP contribution in [0.25, 0.3) is 0 Å². The van der Waals surface area contributed by atoms with Crippen molar-refractivity contribution in [2.75, 3.05) is 12.8 Å². The van der Waals surface area contributed by atoms with Crippen molar-refractivity contribution in [3.63, 3.8) is 0 Å². The molecule has 8 unspecified atom stereocenters. The zero-order valence-electron chi connectivity index (χ0n) is 22.0. The lowest BCUT2D eigenvalue weighted by molar-refractivity contribution is -0.145. The van der Waals surface area contributed by atoms with E-state index in [4.69, 9.17) is 50.3 Å². The van der Waals surface area contributed by atoms with Gasteiger partial charge in [0.2, 0.25) is 0 Å². The minimum atomic E-state index is -3.70. The molecule has 0 radical (unpaired) electrons. The van der Waals surface area contributed by atoms with Gasteiger partial charge in [-0.15, -0.1) is 0 Å². The molecule has 208 valence electrons. The summed E-state index contributed by atoms with van der Waals surface area (Å²) in [4.78, 5) is 12.4. The van der Waals surface area contributed by atoms with Crippen molar-refractivity contribution in [3.05, 3.63) is 0 Å². The summed E-state index contributed by atoms with van der Waals surface area (Å²) in [5.74, 6) is -0.422. The third-order valence-corrected chi connectivity index (χ3v) is 37.6. The van der Waals surface area contributed by atoms with Crippen molar-refractivity contribution in [1.82, 2.24) is 0 Å². The average Bonchev–Trinajstić information content (AvgIpc) is 2.63. The van der Waals surface area contributed by atoms with Crippen LogP contribution >= 0.6 is 15.9 Å². The highest BCUT2D eigenvalue weighted by Gasteiger charge is 2.71. The summed E-state index contributed by atoms with van der Waals surface area (Å²) in [5.41, 5.74) is 0. The molecule has 0 aromatic carbocycles. The molecule has 0 spiro atoms. The lowest BCUT2D eigenvalue weighted by atomic mass is 10.2. The summed E-state index contributed by atoms with van der Waals surface area (Å²) >= 11 is 3.33. The van der Waals surface area contributed by atoms with Crippen molar-refractivity contribution in [1.29, 1.82) is 0 Å². The van der Waals surface area contributed by atoms with Gasteiger partial charge in [0, 0.05) is 32.7 Å². The number of halogens is 1. The molecular formula is C14H35BrO13Si8. The van der Waals surface area contributed by atoms with Gasteiger partial charge in [-0.3, -0.25) is 4.79 Å². The lowest BCUT2D eigenvalue weighted by Crippen LogP contribution is -2.78. The maximum atomic E-state index is 12.4. The Kier molecular flexibility index (Phi) is 8.36. The molecule has 6 bridgehead atoms. The summed E-state index contributed by atoms with van der Waals surface area (Å²) < 4.78 is 76.5. The summed E-state index contributed by atoms with van der Waals surface area (Å²) in [7, 11) is -25.5. The zero-order chi connectivity index (χ0) is 26.8. The van der Waals surface area contributed by atoms with E-state index in [-0.39, 0.29) is 12.7 Å². The summed E-state index contributed by atoms with van der Waals surface area (Å²) in [5, 5.41) is 0. The van der Waals surface area contributed by atoms with Crippen LogP contribution in [-0.4, -0.2) is 94.3 Å². The van der Waals surface area contributed by atoms with E-state index in [1.807, 2.05) is 19.6 Å². The normalized spacial score (nSPS) is 49.6. The fourth-order valence-electron chi connectivity index (χ4n) is 4.51. The first-order valence-corrected chi connectivity index (χ1v) is 30.1. The molecule has 0 aromatic heterocycles. The average molecular weight is 716 g/mol. The molecule has 4 heterocycles. The molecule has 36 heavy (non-hydrogen) atoms. The molecule has 13 nitrogen and oxygen atoms in total. The van der Waals surface area contributed by atoms with Gasteiger partial charge < -0.3 is 50.3 Å². The van der Waals surface area contributed by atoms with Crippen LogP contribution in [0.2, 0.25) is 51.9 Å². The van der Waals surface area contributed by atoms with E-state index in [1.165, 1.54) is 0 Å². The van der Waals surface area contributed by atoms with E-state index in [0.717, 1.165) is 0 Å². The fourth-order valence-corrected chi connectivity index (χ4v) is 44.3. The zero-order valence-corrected chi connectivity index (χ0v) is 31.9. The smallest absolute Gasteiger partial charge is 0.465 e. The van der Waals surface area contributed by atoms with Crippen LogP contribution in [0.4, 0.5) is 0 Å². The Labute approximate surface area is 230 Å². The van der Waals surface area contributed by atoms with Crippen LogP contribution in [0, 0.1) is 0 Å². The molecule has 22 heteroatoms. The molecule has 4 saturated heterocycles. The first kappa shape index (κ1) is 30.2. The van der Waals surface area contributed by atoms with Gasteiger partial charge in [-0.05, 0) is 26.9 Å². The summed E-state index contributed by atoms with van der Waals surface area (Å²) in [6.45, 7) is 16.1. The maximum Gasteiger partial charge on any atom is 0.482 e. The number of hydrogen-bond acceptors (Lipinski definition) is 13. The second-order valence-corrected chi connectivity index (χ2v) is 34.5. The predicted molar refractivity (Wildman–Crippen MR) is 145 cm³/mol. The number of rotatable bonds is 4. The Balaban J connectivity index is 1.78. The van der Waals surface area contributed by atoms with Crippen molar-refractivity contribution in [3.8, 4) is 0 Å². The SMILES string of the molecule is C[SiH]1CO[Si]2(C)O[Si]3(C)O[Si](C)(O1)O[Si]1(C)O[SiH](C)O[Si](CCOC(=O)C(C)(C)Br)(O2)O[Si](C)(O1)O3.